The van der Waals surface area contributed by atoms with E-state index < -0.39 is 9.84 Å². The maximum Gasteiger partial charge on any atom is 0.157 e. The van der Waals surface area contributed by atoms with Crippen LogP contribution in [-0.2, 0) is 9.84 Å². The zero-order valence-electron chi connectivity index (χ0n) is 9.95. The van der Waals surface area contributed by atoms with Gasteiger partial charge >= 0.3 is 0 Å². The lowest BCUT2D eigenvalue weighted by molar-refractivity contribution is 0.474. The van der Waals surface area contributed by atoms with E-state index in [2.05, 4.69) is 5.32 Å². The summed E-state index contributed by atoms with van der Waals surface area (Å²) in [7, 11) is -2.87. The van der Waals surface area contributed by atoms with Crippen LogP contribution in [0, 0.1) is 0 Å². The quantitative estimate of drug-likeness (QED) is 0.808. The van der Waals surface area contributed by atoms with Gasteiger partial charge in [-0.1, -0.05) is 25.7 Å². The van der Waals surface area contributed by atoms with E-state index in [1.165, 1.54) is 6.42 Å². The highest BCUT2D eigenvalue weighted by atomic mass is 32.2. The Bertz CT molecular complexity index is 299. The monoisotopic (exact) mass is 245 g/mol. The lowest BCUT2D eigenvalue weighted by Crippen LogP contribution is -2.38. The summed E-state index contributed by atoms with van der Waals surface area (Å²) in [4.78, 5) is 0. The highest BCUT2D eigenvalue weighted by molar-refractivity contribution is 7.92. The van der Waals surface area contributed by atoms with Gasteiger partial charge in [-0.15, -0.1) is 0 Å². The van der Waals surface area contributed by atoms with E-state index in [1.54, 1.807) is 0 Å². The molecule has 4 heteroatoms. The molecule has 1 atom stereocenters. The Kier molecular flexibility index (Phi) is 4.25. The molecular weight excluding hydrogens is 222 g/mol. The lowest BCUT2D eigenvalue weighted by Gasteiger charge is -2.26. The first kappa shape index (κ1) is 12.4. The first-order valence-electron chi connectivity index (χ1n) is 6.64. The molecule has 1 N–H and O–H groups in total. The SMILES string of the molecule is O=S(=O)(C1CCCCC1)C1CCCCNC1. The van der Waals surface area contributed by atoms with E-state index in [1.807, 2.05) is 0 Å². The van der Waals surface area contributed by atoms with E-state index in [9.17, 15) is 8.42 Å². The van der Waals surface area contributed by atoms with Gasteiger partial charge in [-0.3, -0.25) is 0 Å². The van der Waals surface area contributed by atoms with Gasteiger partial charge in [0.2, 0.25) is 0 Å². The highest BCUT2D eigenvalue weighted by Crippen LogP contribution is 2.28. The molecule has 94 valence electrons. The molecule has 0 bridgehead atoms. The maximum absolute atomic E-state index is 12.5. The van der Waals surface area contributed by atoms with E-state index in [4.69, 9.17) is 0 Å². The molecule has 3 nitrogen and oxygen atoms in total. The van der Waals surface area contributed by atoms with Crippen molar-refractivity contribution >= 4 is 9.84 Å². The van der Waals surface area contributed by atoms with Crippen LogP contribution in [0.2, 0.25) is 0 Å². The van der Waals surface area contributed by atoms with Crippen LogP contribution in [0.4, 0.5) is 0 Å². The van der Waals surface area contributed by atoms with E-state index in [-0.39, 0.29) is 10.5 Å². The van der Waals surface area contributed by atoms with Crippen molar-refractivity contribution in [2.45, 2.75) is 61.9 Å². The summed E-state index contributed by atoms with van der Waals surface area (Å²) in [5.41, 5.74) is 0. The lowest BCUT2D eigenvalue weighted by atomic mass is 10.0. The average Bonchev–Trinajstić information content (AvgIpc) is 2.59. The largest absolute Gasteiger partial charge is 0.315 e. The van der Waals surface area contributed by atoms with Gasteiger partial charge in [0, 0.05) is 6.54 Å². The molecule has 0 amide bonds. The van der Waals surface area contributed by atoms with Crippen LogP contribution in [-0.4, -0.2) is 32.0 Å². The zero-order chi connectivity index (χ0) is 11.4. The van der Waals surface area contributed by atoms with Gasteiger partial charge in [-0.25, -0.2) is 8.42 Å². The number of hydrogen-bond acceptors (Lipinski definition) is 3. The second-order valence-electron chi connectivity index (χ2n) is 5.17. The first-order chi connectivity index (χ1) is 7.71. The topological polar surface area (TPSA) is 46.2 Å². The standard InChI is InChI=1S/C12H23NO2S/c14-16(15,11-6-2-1-3-7-11)12-8-4-5-9-13-10-12/h11-13H,1-10H2. The molecule has 1 aliphatic carbocycles. The van der Waals surface area contributed by atoms with Gasteiger partial charge in [0.05, 0.1) is 10.5 Å². The van der Waals surface area contributed by atoms with Crippen molar-refractivity contribution < 1.29 is 8.42 Å². The summed E-state index contributed by atoms with van der Waals surface area (Å²) >= 11 is 0. The summed E-state index contributed by atoms with van der Waals surface area (Å²) in [6.07, 6.45) is 8.27. The number of hydrogen-bond donors (Lipinski definition) is 1. The molecule has 1 unspecified atom stereocenters. The molecule has 0 radical (unpaired) electrons. The second kappa shape index (κ2) is 5.50. The predicted octanol–water partition coefficient (Wildman–Crippen LogP) is 1.88. The van der Waals surface area contributed by atoms with Crippen molar-refractivity contribution in [3.8, 4) is 0 Å². The van der Waals surface area contributed by atoms with Crippen LogP contribution in [0.25, 0.3) is 0 Å². The third-order valence-corrected chi connectivity index (χ3v) is 6.72. The van der Waals surface area contributed by atoms with Crippen LogP contribution < -0.4 is 5.32 Å². The molecule has 1 aliphatic heterocycles. The number of sulfone groups is 1. The van der Waals surface area contributed by atoms with Crippen LogP contribution in [0.15, 0.2) is 0 Å². The fraction of sp³-hybridized carbons (Fsp3) is 1.00. The van der Waals surface area contributed by atoms with Crippen LogP contribution in [0.3, 0.4) is 0 Å². The minimum atomic E-state index is -2.87. The first-order valence-corrected chi connectivity index (χ1v) is 8.25. The Hall–Kier alpha value is -0.0900. The fourth-order valence-electron chi connectivity index (χ4n) is 2.93. The van der Waals surface area contributed by atoms with Crippen LogP contribution >= 0.6 is 0 Å². The molecule has 2 fully saturated rings. The van der Waals surface area contributed by atoms with Crippen molar-refractivity contribution in [2.24, 2.45) is 0 Å². The molecule has 0 aromatic heterocycles. The summed E-state index contributed by atoms with van der Waals surface area (Å²) in [6.45, 7) is 1.66. The highest BCUT2D eigenvalue weighted by Gasteiger charge is 2.34. The average molecular weight is 245 g/mol. The van der Waals surface area contributed by atoms with Crippen molar-refractivity contribution in [3.05, 3.63) is 0 Å². The molecule has 0 aromatic rings. The fourth-order valence-corrected chi connectivity index (χ4v) is 5.31. The van der Waals surface area contributed by atoms with Crippen molar-refractivity contribution in [1.82, 2.24) is 5.32 Å². The van der Waals surface area contributed by atoms with Crippen molar-refractivity contribution in [1.29, 1.82) is 0 Å². The Morgan fingerprint density at radius 3 is 2.19 bits per heavy atom. The minimum absolute atomic E-state index is 0.0360. The third kappa shape index (κ3) is 2.77. The predicted molar refractivity (Wildman–Crippen MR) is 66.3 cm³/mol. The minimum Gasteiger partial charge on any atom is -0.315 e. The number of rotatable bonds is 2. The molecule has 1 saturated heterocycles. The molecular formula is C12H23NO2S. The summed E-state index contributed by atoms with van der Waals surface area (Å²) < 4.78 is 24.9. The third-order valence-electron chi connectivity index (χ3n) is 3.98. The van der Waals surface area contributed by atoms with Crippen molar-refractivity contribution in [3.63, 3.8) is 0 Å². The summed E-state index contributed by atoms with van der Waals surface area (Å²) in [5.74, 6) is 0. The van der Waals surface area contributed by atoms with E-state index >= 15 is 0 Å². The van der Waals surface area contributed by atoms with Crippen LogP contribution in [0.5, 0.6) is 0 Å². The zero-order valence-corrected chi connectivity index (χ0v) is 10.8. The molecule has 2 rings (SSSR count). The molecule has 1 saturated carbocycles. The Labute approximate surface area is 98.9 Å². The smallest absolute Gasteiger partial charge is 0.157 e. The Morgan fingerprint density at radius 1 is 0.812 bits per heavy atom. The van der Waals surface area contributed by atoms with Gasteiger partial charge in [0.1, 0.15) is 0 Å². The summed E-state index contributed by atoms with van der Waals surface area (Å²) in [6, 6.07) is 0. The Morgan fingerprint density at radius 2 is 1.44 bits per heavy atom. The molecule has 0 spiro atoms. The van der Waals surface area contributed by atoms with E-state index in [0.29, 0.717) is 6.54 Å². The second-order valence-corrected chi connectivity index (χ2v) is 7.68. The molecule has 2 aliphatic rings. The number of nitrogens with one attached hydrogen (secondary N) is 1. The molecule has 16 heavy (non-hydrogen) atoms. The van der Waals surface area contributed by atoms with Gasteiger partial charge in [-0.05, 0) is 32.2 Å². The van der Waals surface area contributed by atoms with Gasteiger partial charge in [-0.2, -0.15) is 0 Å². The van der Waals surface area contributed by atoms with Gasteiger partial charge in [0.15, 0.2) is 9.84 Å². The maximum atomic E-state index is 12.5. The molecule has 1 heterocycles. The normalized spacial score (nSPS) is 29.9. The van der Waals surface area contributed by atoms with Crippen LogP contribution in [0.1, 0.15) is 51.4 Å². The Balaban J connectivity index is 2.03. The summed E-state index contributed by atoms with van der Waals surface area (Å²) in [5, 5.41) is 3.11. The van der Waals surface area contributed by atoms with Gasteiger partial charge < -0.3 is 5.32 Å². The van der Waals surface area contributed by atoms with E-state index in [0.717, 1.165) is 51.5 Å². The van der Waals surface area contributed by atoms with Gasteiger partial charge in [0.25, 0.3) is 0 Å². The van der Waals surface area contributed by atoms with Crippen molar-refractivity contribution in [2.75, 3.05) is 13.1 Å². The molecule has 0 aromatic carbocycles.